The number of alkyl halides is 1. The van der Waals surface area contributed by atoms with Crippen molar-refractivity contribution in [3.05, 3.63) is 29.3 Å². The Balaban J connectivity index is 1.74. The van der Waals surface area contributed by atoms with Gasteiger partial charge in [0.2, 0.25) is 0 Å². The largest absolute Gasteiger partial charge is 0.490 e. The topological polar surface area (TPSA) is 9.23 Å². The first-order chi connectivity index (χ1) is 9.53. The second-order valence-corrected chi connectivity index (χ2v) is 7.45. The highest BCUT2D eigenvalue weighted by atomic mass is 35.5. The molecule has 1 nitrogen and oxygen atoms in total. The Labute approximate surface area is 127 Å². The summed E-state index contributed by atoms with van der Waals surface area (Å²) in [6.07, 6.45) is 6.45. The van der Waals surface area contributed by atoms with E-state index in [4.69, 9.17) is 16.3 Å². The van der Waals surface area contributed by atoms with Crippen LogP contribution in [0.4, 0.5) is 0 Å². The molecule has 1 aromatic rings. The van der Waals surface area contributed by atoms with Gasteiger partial charge in [0, 0.05) is 17.2 Å². The third kappa shape index (κ3) is 2.24. The monoisotopic (exact) mass is 292 g/mol. The summed E-state index contributed by atoms with van der Waals surface area (Å²) in [4.78, 5) is 0. The number of hydrogen-bond acceptors (Lipinski definition) is 1. The molecular weight excluding hydrogens is 268 g/mol. The van der Waals surface area contributed by atoms with Crippen LogP contribution in [0.25, 0.3) is 0 Å². The molecule has 0 heterocycles. The minimum atomic E-state index is 0.270. The van der Waals surface area contributed by atoms with Gasteiger partial charge in [-0.3, -0.25) is 0 Å². The lowest BCUT2D eigenvalue weighted by atomic mass is 9.64. The Morgan fingerprint density at radius 3 is 2.50 bits per heavy atom. The molecule has 20 heavy (non-hydrogen) atoms. The summed E-state index contributed by atoms with van der Waals surface area (Å²) in [5, 5.41) is 0.325. The summed E-state index contributed by atoms with van der Waals surface area (Å²) in [5.74, 6) is 1.59. The molecule has 0 bridgehead atoms. The fraction of sp³-hybridized carbons (Fsp3) is 0.667. The summed E-state index contributed by atoms with van der Waals surface area (Å²) in [6, 6.07) is 6.54. The van der Waals surface area contributed by atoms with Crippen molar-refractivity contribution in [1.29, 1.82) is 0 Å². The van der Waals surface area contributed by atoms with Crippen molar-refractivity contribution in [3.8, 4) is 5.75 Å². The van der Waals surface area contributed by atoms with Crippen LogP contribution < -0.4 is 4.74 Å². The van der Waals surface area contributed by atoms with Gasteiger partial charge in [0.25, 0.3) is 0 Å². The minimum Gasteiger partial charge on any atom is -0.490 e. The fourth-order valence-corrected chi connectivity index (χ4v) is 4.59. The molecule has 2 saturated carbocycles. The van der Waals surface area contributed by atoms with E-state index >= 15 is 0 Å². The van der Waals surface area contributed by atoms with Crippen LogP contribution in [0.3, 0.4) is 0 Å². The maximum absolute atomic E-state index is 6.49. The van der Waals surface area contributed by atoms with E-state index in [0.29, 0.717) is 17.4 Å². The zero-order valence-corrected chi connectivity index (χ0v) is 13.5. The first-order valence-electron chi connectivity index (χ1n) is 7.94. The van der Waals surface area contributed by atoms with Crippen molar-refractivity contribution in [3.63, 3.8) is 0 Å². The van der Waals surface area contributed by atoms with Crippen LogP contribution >= 0.6 is 11.6 Å². The van der Waals surface area contributed by atoms with Crippen molar-refractivity contribution in [2.24, 2.45) is 5.41 Å². The van der Waals surface area contributed by atoms with Gasteiger partial charge in [0.05, 0.1) is 0 Å². The number of rotatable bonds is 3. The summed E-state index contributed by atoms with van der Waals surface area (Å²) in [5.41, 5.74) is 3.02. The Kier molecular flexibility index (Phi) is 3.75. The molecule has 0 saturated heterocycles. The van der Waals surface area contributed by atoms with Crippen LogP contribution in [-0.4, -0.2) is 11.5 Å². The number of ether oxygens (including phenoxy) is 1. The molecule has 3 rings (SSSR count). The van der Waals surface area contributed by atoms with Crippen molar-refractivity contribution >= 4 is 11.6 Å². The summed E-state index contributed by atoms with van der Waals surface area (Å²) in [7, 11) is 0. The average Bonchev–Trinajstić information content (AvgIpc) is 2.90. The van der Waals surface area contributed by atoms with E-state index < -0.39 is 0 Å². The standard InChI is InChI=1S/C18H25ClO/c1-12(2)15-7-6-14(10-13(15)3)20-17-11-16(19)18(17)8-4-5-9-18/h6-7,10,12,16-17H,4-5,8-9,11H2,1-3H3. The molecule has 0 amide bonds. The van der Waals surface area contributed by atoms with Gasteiger partial charge in [-0.1, -0.05) is 32.8 Å². The Morgan fingerprint density at radius 1 is 1.25 bits per heavy atom. The first-order valence-corrected chi connectivity index (χ1v) is 8.38. The van der Waals surface area contributed by atoms with Gasteiger partial charge in [0.15, 0.2) is 0 Å². The summed E-state index contributed by atoms with van der Waals surface area (Å²) < 4.78 is 6.29. The second-order valence-electron chi connectivity index (χ2n) is 6.92. The van der Waals surface area contributed by atoms with E-state index in [-0.39, 0.29) is 5.41 Å². The van der Waals surface area contributed by atoms with Crippen LogP contribution in [0.15, 0.2) is 18.2 Å². The Morgan fingerprint density at radius 2 is 1.95 bits per heavy atom. The smallest absolute Gasteiger partial charge is 0.120 e. The number of benzene rings is 1. The molecule has 1 spiro atoms. The van der Waals surface area contributed by atoms with Crippen molar-refractivity contribution in [2.75, 3.05) is 0 Å². The number of aryl methyl sites for hydroxylation is 1. The molecule has 0 aliphatic heterocycles. The van der Waals surface area contributed by atoms with Gasteiger partial charge in [-0.25, -0.2) is 0 Å². The van der Waals surface area contributed by atoms with Gasteiger partial charge in [0.1, 0.15) is 11.9 Å². The second kappa shape index (κ2) is 5.26. The van der Waals surface area contributed by atoms with Gasteiger partial charge >= 0.3 is 0 Å². The lowest BCUT2D eigenvalue weighted by Gasteiger charge is -2.51. The van der Waals surface area contributed by atoms with Crippen LogP contribution in [0.1, 0.15) is 63.0 Å². The third-order valence-electron chi connectivity index (χ3n) is 5.36. The van der Waals surface area contributed by atoms with Crippen molar-refractivity contribution < 1.29 is 4.74 Å². The predicted octanol–water partition coefficient (Wildman–Crippen LogP) is 5.44. The van der Waals surface area contributed by atoms with E-state index in [1.807, 2.05) is 0 Å². The SMILES string of the molecule is Cc1cc(OC2CC(Cl)C23CCCC3)ccc1C(C)C. The van der Waals surface area contributed by atoms with Gasteiger partial charge in [-0.15, -0.1) is 11.6 Å². The quantitative estimate of drug-likeness (QED) is 0.674. The zero-order chi connectivity index (χ0) is 14.3. The number of halogens is 1. The molecular formula is C18H25ClO. The minimum absolute atomic E-state index is 0.270. The normalized spacial score (nSPS) is 27.9. The molecule has 2 fully saturated rings. The molecule has 2 aliphatic rings. The molecule has 110 valence electrons. The van der Waals surface area contributed by atoms with E-state index in [1.54, 1.807) is 0 Å². The highest BCUT2D eigenvalue weighted by molar-refractivity contribution is 6.21. The lowest BCUT2D eigenvalue weighted by molar-refractivity contribution is -0.0355. The van der Waals surface area contributed by atoms with Gasteiger partial charge < -0.3 is 4.74 Å². The highest BCUT2D eigenvalue weighted by Crippen LogP contribution is 2.57. The Hall–Kier alpha value is -0.690. The van der Waals surface area contributed by atoms with Crippen LogP contribution in [0, 0.1) is 12.3 Å². The molecule has 0 aromatic heterocycles. The van der Waals surface area contributed by atoms with Crippen molar-refractivity contribution in [1.82, 2.24) is 0 Å². The molecule has 2 atom stereocenters. The first kappa shape index (κ1) is 14.3. The van der Waals surface area contributed by atoms with E-state index in [9.17, 15) is 0 Å². The summed E-state index contributed by atoms with van der Waals surface area (Å²) >= 11 is 6.49. The Bertz CT molecular complexity index is 488. The van der Waals surface area contributed by atoms with Crippen LogP contribution in [-0.2, 0) is 0 Å². The van der Waals surface area contributed by atoms with Gasteiger partial charge in [-0.05, 0) is 48.9 Å². The van der Waals surface area contributed by atoms with E-state index in [2.05, 4.69) is 39.0 Å². The number of hydrogen-bond donors (Lipinski definition) is 0. The van der Waals surface area contributed by atoms with Crippen molar-refractivity contribution in [2.45, 2.75) is 70.3 Å². The van der Waals surface area contributed by atoms with E-state index in [0.717, 1.165) is 12.2 Å². The highest BCUT2D eigenvalue weighted by Gasteiger charge is 2.56. The molecule has 2 unspecified atom stereocenters. The molecule has 1 aromatic carbocycles. The molecule has 2 heteroatoms. The van der Waals surface area contributed by atoms with Crippen LogP contribution in [0.2, 0.25) is 0 Å². The third-order valence-corrected chi connectivity index (χ3v) is 5.97. The molecule has 0 radical (unpaired) electrons. The molecule has 0 N–H and O–H groups in total. The molecule has 2 aliphatic carbocycles. The maximum Gasteiger partial charge on any atom is 0.120 e. The fourth-order valence-electron chi connectivity index (χ4n) is 4.07. The van der Waals surface area contributed by atoms with Gasteiger partial charge in [-0.2, -0.15) is 0 Å². The van der Waals surface area contributed by atoms with E-state index in [1.165, 1.54) is 36.8 Å². The zero-order valence-electron chi connectivity index (χ0n) is 12.8. The summed E-state index contributed by atoms with van der Waals surface area (Å²) in [6.45, 7) is 6.65. The average molecular weight is 293 g/mol. The maximum atomic E-state index is 6.49. The van der Waals surface area contributed by atoms with Crippen LogP contribution in [0.5, 0.6) is 5.75 Å². The lowest BCUT2D eigenvalue weighted by Crippen LogP contribution is -2.55. The predicted molar refractivity (Wildman–Crippen MR) is 84.8 cm³/mol.